The van der Waals surface area contributed by atoms with Gasteiger partial charge in [-0.15, -0.1) is 5.10 Å². The summed E-state index contributed by atoms with van der Waals surface area (Å²) in [6.07, 6.45) is 6.05. The molecule has 4 bridgehead atoms. The van der Waals surface area contributed by atoms with Gasteiger partial charge in [-0.05, 0) is 52.9 Å². The van der Waals surface area contributed by atoms with Crippen molar-refractivity contribution in [3.8, 4) is 16.9 Å². The van der Waals surface area contributed by atoms with Crippen LogP contribution in [0.2, 0.25) is 5.02 Å². The maximum atomic E-state index is 13.5. The molecule has 250 valence electrons. The molecule has 4 heterocycles. The zero-order valence-electron chi connectivity index (χ0n) is 26.6. The number of H-pyrrole nitrogens is 1. The summed E-state index contributed by atoms with van der Waals surface area (Å²) in [7, 11) is 4.98. The van der Waals surface area contributed by atoms with E-state index >= 15 is 0 Å². The largest absolute Gasteiger partial charge is 0.453 e. The number of carbonyl (C=O) groups excluding carboxylic acids is 3. The molecular formula is C32H31ClN12O4. The lowest BCUT2D eigenvalue weighted by Crippen LogP contribution is -2.30. The van der Waals surface area contributed by atoms with E-state index in [2.05, 4.69) is 46.4 Å². The smallest absolute Gasteiger partial charge is 0.411 e. The van der Waals surface area contributed by atoms with E-state index in [-0.39, 0.29) is 25.2 Å². The highest BCUT2D eigenvalue weighted by Crippen LogP contribution is 2.32. The number of methoxy groups -OCH3 is 1. The van der Waals surface area contributed by atoms with Gasteiger partial charge in [-0.2, -0.15) is 4.68 Å². The van der Waals surface area contributed by atoms with Gasteiger partial charge in [0.1, 0.15) is 23.8 Å². The van der Waals surface area contributed by atoms with Crippen molar-refractivity contribution >= 4 is 52.8 Å². The molecule has 0 radical (unpaired) electrons. The second-order valence-electron chi connectivity index (χ2n) is 11.2. The van der Waals surface area contributed by atoms with E-state index in [1.165, 1.54) is 24.2 Å². The fraction of sp³-hybridized carbons (Fsp3) is 0.219. The Labute approximate surface area is 285 Å². The number of benzene rings is 2. The van der Waals surface area contributed by atoms with Gasteiger partial charge < -0.3 is 25.3 Å². The molecule has 0 unspecified atom stereocenters. The van der Waals surface area contributed by atoms with Gasteiger partial charge in [0.05, 0.1) is 36.4 Å². The zero-order valence-corrected chi connectivity index (χ0v) is 27.4. The van der Waals surface area contributed by atoms with Gasteiger partial charge in [0.25, 0.3) is 0 Å². The molecule has 5 aromatic rings. The van der Waals surface area contributed by atoms with Crippen molar-refractivity contribution in [2.45, 2.75) is 25.3 Å². The predicted molar refractivity (Wildman–Crippen MR) is 181 cm³/mol. The van der Waals surface area contributed by atoms with Crippen molar-refractivity contribution in [2.75, 3.05) is 36.7 Å². The Morgan fingerprint density at radius 3 is 2.76 bits per heavy atom. The summed E-state index contributed by atoms with van der Waals surface area (Å²) < 4.78 is 6.19. The van der Waals surface area contributed by atoms with Crippen LogP contribution >= 0.6 is 11.6 Å². The summed E-state index contributed by atoms with van der Waals surface area (Å²) in [5, 5.41) is 20.4. The number of halogens is 1. The van der Waals surface area contributed by atoms with Crippen LogP contribution in [0.3, 0.4) is 0 Å². The summed E-state index contributed by atoms with van der Waals surface area (Å²) in [4.78, 5) is 57.7. The SMILES string of the molecule is COC(=O)Nc1ccc2c(c1)NC(=O)CCc1nc(cc(N(C)C)n1)C[C@H](NC(=O)/C=C/c1cc(Cl)ccc1-n1cnnn1)c1ncc-2[nH]1. The van der Waals surface area contributed by atoms with Crippen molar-refractivity contribution in [1.29, 1.82) is 0 Å². The van der Waals surface area contributed by atoms with Gasteiger partial charge in [0.15, 0.2) is 0 Å². The number of amides is 3. The number of rotatable bonds is 6. The number of fused-ring (bicyclic) bond motifs is 6. The van der Waals surface area contributed by atoms with Crippen LogP contribution in [0.4, 0.5) is 22.0 Å². The molecule has 3 amide bonds. The molecule has 1 aliphatic rings. The van der Waals surface area contributed by atoms with Crippen LogP contribution in [-0.2, 0) is 27.2 Å². The van der Waals surface area contributed by atoms with E-state index in [4.69, 9.17) is 21.3 Å². The number of aromatic amines is 1. The van der Waals surface area contributed by atoms with E-state index in [0.717, 1.165) is 0 Å². The van der Waals surface area contributed by atoms with E-state index in [0.29, 0.717) is 62.1 Å². The first kappa shape index (κ1) is 32.8. The number of hydrogen-bond donors (Lipinski definition) is 4. The predicted octanol–water partition coefficient (Wildman–Crippen LogP) is 3.74. The van der Waals surface area contributed by atoms with E-state index < -0.39 is 18.0 Å². The summed E-state index contributed by atoms with van der Waals surface area (Å²) in [6.45, 7) is 0. The van der Waals surface area contributed by atoms with Gasteiger partial charge >= 0.3 is 6.09 Å². The standard InChI is InChI=1S/C32H31ClN12O4/c1-44(2)28-15-21-14-24(39-29(46)10-4-18-12-19(33)5-8-26(18)45-17-35-42-43-45)31-34-16-25(40-31)22-7-6-20(37-32(48)49-3)13-23(22)38-30(47)11-9-27(36-21)41-28/h4-8,10,12-13,15-17,24H,9,11,14H2,1-3H3,(H,34,40)(H,37,48)(H,38,47)(H,39,46)/b10-4+/t24-/m0/s1. The minimum Gasteiger partial charge on any atom is -0.453 e. The monoisotopic (exact) mass is 682 g/mol. The molecule has 49 heavy (non-hydrogen) atoms. The van der Waals surface area contributed by atoms with Crippen LogP contribution in [-0.4, -0.2) is 79.3 Å². The molecule has 17 heteroatoms. The number of ether oxygens (including phenoxy) is 1. The number of nitrogens with zero attached hydrogens (tertiary/aromatic N) is 8. The highest BCUT2D eigenvalue weighted by Gasteiger charge is 2.23. The first-order valence-electron chi connectivity index (χ1n) is 15.0. The van der Waals surface area contributed by atoms with Crippen molar-refractivity contribution in [2.24, 2.45) is 0 Å². The van der Waals surface area contributed by atoms with Gasteiger partial charge in [0.2, 0.25) is 11.8 Å². The van der Waals surface area contributed by atoms with Crippen LogP contribution in [0, 0.1) is 0 Å². The molecule has 16 nitrogen and oxygen atoms in total. The summed E-state index contributed by atoms with van der Waals surface area (Å²) >= 11 is 6.26. The maximum absolute atomic E-state index is 13.5. The number of imidazole rings is 1. The number of nitrogens with one attached hydrogen (secondary N) is 4. The molecule has 4 N–H and O–H groups in total. The molecular weight excluding hydrogens is 652 g/mol. The minimum atomic E-state index is -0.653. The third kappa shape index (κ3) is 7.87. The van der Waals surface area contributed by atoms with Crippen LogP contribution in [0.1, 0.15) is 35.4 Å². The van der Waals surface area contributed by atoms with Gasteiger partial charge in [-0.25, -0.2) is 19.7 Å². The molecule has 6 rings (SSSR count). The Balaban J connectivity index is 1.37. The molecule has 0 fully saturated rings. The molecule has 0 saturated heterocycles. The number of tetrazole rings is 1. The molecule has 0 saturated carbocycles. The van der Waals surface area contributed by atoms with Crippen LogP contribution in [0.25, 0.3) is 23.0 Å². The lowest BCUT2D eigenvalue weighted by atomic mass is 10.1. The van der Waals surface area contributed by atoms with Crippen molar-refractivity contribution < 1.29 is 19.1 Å². The Bertz CT molecular complexity index is 2040. The molecule has 0 spiro atoms. The molecule has 0 aliphatic carbocycles. The normalized spacial score (nSPS) is 14.4. The topological polar surface area (TPSA) is 198 Å². The van der Waals surface area contributed by atoms with Gasteiger partial charge in [-0.1, -0.05) is 11.6 Å². The third-order valence-electron chi connectivity index (χ3n) is 7.52. The average molecular weight is 683 g/mol. The Hall–Kier alpha value is -6.16. The Kier molecular flexibility index (Phi) is 9.57. The number of carbonyl (C=O) groups is 3. The fourth-order valence-corrected chi connectivity index (χ4v) is 5.33. The summed E-state index contributed by atoms with van der Waals surface area (Å²) in [5.74, 6) is 0.897. The van der Waals surface area contributed by atoms with Gasteiger partial charge in [-0.3, -0.25) is 14.9 Å². The minimum absolute atomic E-state index is 0.0970. The van der Waals surface area contributed by atoms with Crippen molar-refractivity contribution in [1.82, 2.24) is 45.5 Å². The second-order valence-corrected chi connectivity index (χ2v) is 11.6. The van der Waals surface area contributed by atoms with E-state index in [9.17, 15) is 14.4 Å². The van der Waals surface area contributed by atoms with Crippen LogP contribution in [0.5, 0.6) is 0 Å². The lowest BCUT2D eigenvalue weighted by Gasteiger charge is -2.19. The Morgan fingerprint density at radius 1 is 1.12 bits per heavy atom. The number of hydrogen-bond acceptors (Lipinski definition) is 11. The lowest BCUT2D eigenvalue weighted by molar-refractivity contribution is -0.117. The maximum Gasteiger partial charge on any atom is 0.411 e. The van der Waals surface area contributed by atoms with E-state index in [1.54, 1.807) is 48.7 Å². The van der Waals surface area contributed by atoms with Crippen molar-refractivity contribution in [3.63, 3.8) is 0 Å². The van der Waals surface area contributed by atoms with Crippen LogP contribution < -0.4 is 20.9 Å². The third-order valence-corrected chi connectivity index (χ3v) is 7.75. The average Bonchev–Trinajstić information content (AvgIpc) is 3.79. The fourth-order valence-electron chi connectivity index (χ4n) is 5.15. The van der Waals surface area contributed by atoms with Crippen LogP contribution in [0.15, 0.2) is 61.1 Å². The van der Waals surface area contributed by atoms with E-state index in [1.807, 2.05) is 25.1 Å². The highest BCUT2D eigenvalue weighted by atomic mass is 35.5. The number of aromatic nitrogens is 8. The number of anilines is 3. The second kappa shape index (κ2) is 14.3. The molecule has 1 atom stereocenters. The zero-order chi connectivity index (χ0) is 34.5. The van der Waals surface area contributed by atoms with Crippen molar-refractivity contribution in [3.05, 3.63) is 89.0 Å². The molecule has 1 aliphatic heterocycles. The highest BCUT2D eigenvalue weighted by molar-refractivity contribution is 6.30. The quantitative estimate of drug-likeness (QED) is 0.190. The molecule has 2 aromatic carbocycles. The first-order valence-corrected chi connectivity index (χ1v) is 15.4. The summed E-state index contributed by atoms with van der Waals surface area (Å²) in [6, 6.07) is 11.4. The molecule has 3 aromatic heterocycles. The Morgan fingerprint density at radius 2 is 1.98 bits per heavy atom. The summed E-state index contributed by atoms with van der Waals surface area (Å²) in [5.41, 5.74) is 3.93. The van der Waals surface area contributed by atoms with Gasteiger partial charge in [0, 0.05) is 73.0 Å². The number of aryl methyl sites for hydroxylation is 1. The first-order chi connectivity index (χ1) is 23.6.